The number of sulfonamides is 1. The van der Waals surface area contributed by atoms with Crippen LogP contribution in [0.2, 0.25) is 0 Å². The van der Waals surface area contributed by atoms with Crippen molar-refractivity contribution in [2.75, 3.05) is 0 Å². The Hall–Kier alpha value is -1.59. The summed E-state index contributed by atoms with van der Waals surface area (Å²) < 4.78 is 30.5. The van der Waals surface area contributed by atoms with Gasteiger partial charge in [0, 0.05) is 18.4 Å². The predicted molar refractivity (Wildman–Crippen MR) is 94.3 cm³/mol. The minimum absolute atomic E-state index is 0.289. The summed E-state index contributed by atoms with van der Waals surface area (Å²) in [6.07, 6.45) is 0. The molecule has 1 heterocycles. The number of aromatic nitrogens is 1. The van der Waals surface area contributed by atoms with Crippen LogP contribution in [-0.4, -0.2) is 13.0 Å². The van der Waals surface area contributed by atoms with Crippen molar-refractivity contribution < 1.29 is 8.42 Å². The van der Waals surface area contributed by atoms with Gasteiger partial charge in [-0.05, 0) is 81.5 Å². The Balaban J connectivity index is 2.43. The first-order chi connectivity index (χ1) is 10.6. The molecule has 0 aliphatic carbocycles. The van der Waals surface area contributed by atoms with Crippen LogP contribution in [0.15, 0.2) is 17.0 Å². The van der Waals surface area contributed by atoms with Gasteiger partial charge in [0.25, 0.3) is 0 Å². The monoisotopic (exact) mass is 334 g/mol. The van der Waals surface area contributed by atoms with Crippen molar-refractivity contribution in [3.05, 3.63) is 51.3 Å². The molecule has 4 nitrogen and oxygen atoms in total. The molecule has 0 aliphatic rings. The van der Waals surface area contributed by atoms with E-state index < -0.39 is 10.0 Å². The molecule has 0 bridgehead atoms. The van der Waals surface area contributed by atoms with E-state index in [1.807, 2.05) is 65.3 Å². The molecule has 0 fully saturated rings. The van der Waals surface area contributed by atoms with Gasteiger partial charge in [-0.3, -0.25) is 0 Å². The lowest BCUT2D eigenvalue weighted by molar-refractivity contribution is 0.577. The van der Waals surface area contributed by atoms with Crippen LogP contribution in [0.4, 0.5) is 0 Å². The molecule has 0 aliphatic heterocycles. The molecule has 126 valence electrons. The second-order valence-electron chi connectivity index (χ2n) is 6.30. The van der Waals surface area contributed by atoms with Crippen LogP contribution in [0.3, 0.4) is 0 Å². The van der Waals surface area contributed by atoms with Crippen LogP contribution in [-0.2, 0) is 23.6 Å². The van der Waals surface area contributed by atoms with Crippen LogP contribution in [0.25, 0.3) is 0 Å². The van der Waals surface area contributed by atoms with Gasteiger partial charge in [-0.2, -0.15) is 0 Å². The number of rotatable bonds is 4. The highest BCUT2D eigenvalue weighted by Crippen LogP contribution is 2.29. The van der Waals surface area contributed by atoms with Crippen LogP contribution in [0.1, 0.15) is 39.2 Å². The predicted octanol–water partition coefficient (Wildman–Crippen LogP) is 3.35. The van der Waals surface area contributed by atoms with Gasteiger partial charge in [-0.25, -0.2) is 13.1 Å². The minimum Gasteiger partial charge on any atom is -0.351 e. The average Bonchev–Trinajstić information content (AvgIpc) is 2.80. The third-order valence-electron chi connectivity index (χ3n) is 5.12. The number of nitrogens with one attached hydrogen (secondary N) is 1. The average molecular weight is 334 g/mol. The van der Waals surface area contributed by atoms with Crippen molar-refractivity contribution >= 4 is 10.0 Å². The molecule has 1 aromatic carbocycles. The van der Waals surface area contributed by atoms with Gasteiger partial charge in [-0.15, -0.1) is 0 Å². The molecule has 0 radical (unpaired) electrons. The van der Waals surface area contributed by atoms with Gasteiger partial charge in [0.15, 0.2) is 0 Å². The van der Waals surface area contributed by atoms with E-state index in [9.17, 15) is 8.42 Å². The number of hydrogen-bond donors (Lipinski definition) is 1. The maximum Gasteiger partial charge on any atom is 0.241 e. The molecule has 0 amide bonds. The molecular weight excluding hydrogens is 308 g/mol. The van der Waals surface area contributed by atoms with Crippen molar-refractivity contribution in [1.29, 1.82) is 0 Å². The Morgan fingerprint density at radius 1 is 0.870 bits per heavy atom. The summed E-state index contributed by atoms with van der Waals surface area (Å²) in [4.78, 5) is 0.420. The van der Waals surface area contributed by atoms with E-state index in [4.69, 9.17) is 0 Å². The highest BCUT2D eigenvalue weighted by Gasteiger charge is 2.23. The highest BCUT2D eigenvalue weighted by atomic mass is 32.2. The Labute approximate surface area is 139 Å². The first-order valence-electron chi connectivity index (χ1n) is 7.75. The van der Waals surface area contributed by atoms with Crippen molar-refractivity contribution in [1.82, 2.24) is 9.29 Å². The smallest absolute Gasteiger partial charge is 0.241 e. The maximum atomic E-state index is 12.9. The van der Waals surface area contributed by atoms with Gasteiger partial charge in [-0.1, -0.05) is 0 Å². The normalized spacial score (nSPS) is 12.0. The first kappa shape index (κ1) is 17.8. The molecule has 23 heavy (non-hydrogen) atoms. The zero-order valence-electron chi connectivity index (χ0n) is 15.0. The van der Waals surface area contributed by atoms with Crippen LogP contribution in [0.5, 0.6) is 0 Å². The fourth-order valence-electron chi connectivity index (χ4n) is 2.95. The lowest BCUT2D eigenvalue weighted by atomic mass is 9.95. The summed E-state index contributed by atoms with van der Waals surface area (Å²) in [6.45, 7) is 12.1. The SMILES string of the molecule is Cc1c(C)c(C)c(S(=O)(=O)NCc2ccc(C)n2C)c(C)c1C. The third-order valence-corrected chi connectivity index (χ3v) is 6.79. The van der Waals surface area contributed by atoms with Gasteiger partial charge < -0.3 is 4.57 Å². The second-order valence-corrected chi connectivity index (χ2v) is 8.01. The second kappa shape index (κ2) is 6.13. The van der Waals surface area contributed by atoms with E-state index in [1.165, 1.54) is 0 Å². The van der Waals surface area contributed by atoms with E-state index in [1.54, 1.807) is 0 Å². The van der Waals surface area contributed by atoms with Gasteiger partial charge in [0.2, 0.25) is 10.0 Å². The quantitative estimate of drug-likeness (QED) is 0.932. The molecule has 2 aromatic rings. The largest absolute Gasteiger partial charge is 0.351 e. The van der Waals surface area contributed by atoms with Crippen molar-refractivity contribution in [2.45, 2.75) is 53.0 Å². The van der Waals surface area contributed by atoms with Crippen molar-refractivity contribution in [3.8, 4) is 0 Å². The zero-order valence-corrected chi connectivity index (χ0v) is 15.9. The fraction of sp³-hybridized carbons (Fsp3) is 0.444. The molecule has 0 saturated heterocycles. The fourth-order valence-corrected chi connectivity index (χ4v) is 4.55. The Morgan fingerprint density at radius 2 is 1.35 bits per heavy atom. The molecule has 1 N–H and O–H groups in total. The number of hydrogen-bond acceptors (Lipinski definition) is 2. The molecule has 0 saturated carbocycles. The van der Waals surface area contributed by atoms with Crippen LogP contribution >= 0.6 is 0 Å². The molecular formula is C18H26N2O2S. The molecule has 0 spiro atoms. The molecule has 0 unspecified atom stereocenters. The van der Waals surface area contributed by atoms with E-state index in [0.717, 1.165) is 39.2 Å². The van der Waals surface area contributed by atoms with Crippen molar-refractivity contribution in [2.24, 2.45) is 7.05 Å². The Morgan fingerprint density at radius 3 is 1.78 bits per heavy atom. The number of benzene rings is 1. The summed E-state index contributed by atoms with van der Waals surface area (Å²) in [5.41, 5.74) is 6.97. The van der Waals surface area contributed by atoms with Gasteiger partial charge >= 0.3 is 0 Å². The minimum atomic E-state index is -3.55. The van der Waals surface area contributed by atoms with E-state index in [-0.39, 0.29) is 6.54 Å². The number of nitrogens with zero attached hydrogens (tertiary/aromatic N) is 1. The molecule has 2 rings (SSSR count). The van der Waals surface area contributed by atoms with Crippen LogP contribution in [0, 0.1) is 41.5 Å². The highest BCUT2D eigenvalue weighted by molar-refractivity contribution is 7.89. The van der Waals surface area contributed by atoms with E-state index in [0.29, 0.717) is 4.90 Å². The lowest BCUT2D eigenvalue weighted by Gasteiger charge is -2.19. The van der Waals surface area contributed by atoms with Gasteiger partial charge in [0.1, 0.15) is 0 Å². The zero-order chi connectivity index (χ0) is 17.5. The summed E-state index contributed by atoms with van der Waals surface area (Å²) >= 11 is 0. The van der Waals surface area contributed by atoms with E-state index >= 15 is 0 Å². The van der Waals surface area contributed by atoms with E-state index in [2.05, 4.69) is 4.72 Å². The standard InChI is InChI=1S/C18H26N2O2S/c1-11-8-9-17(20(11)7)10-19-23(21,22)18-15(5)13(3)12(2)14(4)16(18)6/h8-9,19H,10H2,1-7H3. The van der Waals surface area contributed by atoms with Crippen LogP contribution < -0.4 is 4.72 Å². The number of aryl methyl sites for hydroxylation is 1. The Kier molecular flexibility index (Phi) is 4.74. The third kappa shape index (κ3) is 3.08. The maximum absolute atomic E-state index is 12.9. The van der Waals surface area contributed by atoms with Crippen molar-refractivity contribution in [3.63, 3.8) is 0 Å². The summed E-state index contributed by atoms with van der Waals surface area (Å²) in [5.74, 6) is 0. The van der Waals surface area contributed by atoms with Gasteiger partial charge in [0.05, 0.1) is 11.4 Å². The summed E-state index contributed by atoms with van der Waals surface area (Å²) in [5, 5.41) is 0. The topological polar surface area (TPSA) is 51.1 Å². The summed E-state index contributed by atoms with van der Waals surface area (Å²) in [6, 6.07) is 3.93. The summed E-state index contributed by atoms with van der Waals surface area (Å²) in [7, 11) is -1.61. The molecule has 0 atom stereocenters. The molecule has 5 heteroatoms. The first-order valence-corrected chi connectivity index (χ1v) is 9.24. The molecule has 1 aromatic heterocycles. The lowest BCUT2D eigenvalue weighted by Crippen LogP contribution is -2.26. The Bertz CT molecular complexity index is 833.